The Morgan fingerprint density at radius 2 is 2.39 bits per heavy atom. The van der Waals surface area contributed by atoms with Crippen LogP contribution in [0.3, 0.4) is 0 Å². The Hall–Kier alpha value is -2.07. The third kappa shape index (κ3) is 1.91. The average Bonchev–Trinajstić information content (AvgIpc) is 2.63. The van der Waals surface area contributed by atoms with E-state index in [1.54, 1.807) is 23.6 Å². The number of nitrogens with zero attached hydrogens (tertiary/aromatic N) is 4. The van der Waals surface area contributed by atoms with E-state index in [9.17, 15) is 10.1 Å². The molecule has 7 nitrogen and oxygen atoms in total. The number of carbonyl (C=O) groups excluding carboxylic acids is 1. The highest BCUT2D eigenvalue weighted by Crippen LogP contribution is 2.25. The molecule has 7 heteroatoms. The summed E-state index contributed by atoms with van der Waals surface area (Å²) in [7, 11) is 1.75. The van der Waals surface area contributed by atoms with E-state index in [1.165, 1.54) is 0 Å². The van der Waals surface area contributed by atoms with Gasteiger partial charge in [0.2, 0.25) is 5.91 Å². The lowest BCUT2D eigenvalue weighted by molar-refractivity contribution is -0.121. The number of aromatic nitrogens is 2. The molecular formula is C11H15N5O2. The normalized spacial score (nSPS) is 19.6. The van der Waals surface area contributed by atoms with Crippen LogP contribution in [-0.4, -0.2) is 41.5 Å². The molecule has 1 saturated heterocycles. The zero-order valence-corrected chi connectivity index (χ0v) is 10.4. The highest BCUT2D eigenvalue weighted by molar-refractivity contribution is 5.84. The second kappa shape index (κ2) is 4.66. The lowest BCUT2D eigenvalue weighted by Gasteiger charge is -2.35. The molecule has 1 fully saturated rings. The molecule has 1 atom stereocenters. The molecule has 2 heterocycles. The van der Waals surface area contributed by atoms with E-state index in [4.69, 9.17) is 10.5 Å². The third-order valence-corrected chi connectivity index (χ3v) is 3.03. The van der Waals surface area contributed by atoms with Crippen LogP contribution in [0.4, 0.5) is 5.82 Å². The Kier molecular flexibility index (Phi) is 3.21. The van der Waals surface area contributed by atoms with Crippen LogP contribution in [0.1, 0.15) is 11.3 Å². The summed E-state index contributed by atoms with van der Waals surface area (Å²) in [6.07, 6.45) is 0. The van der Waals surface area contributed by atoms with Gasteiger partial charge in [-0.25, -0.2) is 0 Å². The van der Waals surface area contributed by atoms with Gasteiger partial charge in [0.25, 0.3) is 0 Å². The molecule has 2 rings (SSSR count). The van der Waals surface area contributed by atoms with Crippen LogP contribution in [0.5, 0.6) is 0 Å². The van der Waals surface area contributed by atoms with Crippen LogP contribution in [0.2, 0.25) is 0 Å². The number of anilines is 1. The largest absolute Gasteiger partial charge is 0.377 e. The van der Waals surface area contributed by atoms with Gasteiger partial charge in [0.1, 0.15) is 23.5 Å². The fourth-order valence-electron chi connectivity index (χ4n) is 2.20. The standard InChI is InChI=1S/C11H15N5O2/c1-7-8(5-12)11(15(2)14-7)16-3-4-18-6-9(16)10(13)17/h9H,3-4,6H2,1-2H3,(H2,13,17). The van der Waals surface area contributed by atoms with E-state index in [-0.39, 0.29) is 6.61 Å². The molecule has 1 aliphatic heterocycles. The summed E-state index contributed by atoms with van der Waals surface area (Å²) in [5.74, 6) is 0.166. The summed E-state index contributed by atoms with van der Waals surface area (Å²) in [5.41, 5.74) is 6.49. The third-order valence-electron chi connectivity index (χ3n) is 3.03. The Labute approximate surface area is 105 Å². The van der Waals surface area contributed by atoms with Crippen molar-refractivity contribution in [1.29, 1.82) is 5.26 Å². The van der Waals surface area contributed by atoms with E-state index in [2.05, 4.69) is 11.2 Å². The number of hydrogen-bond donors (Lipinski definition) is 1. The first kappa shape index (κ1) is 12.4. The topological polar surface area (TPSA) is 97.2 Å². The number of hydrogen-bond acceptors (Lipinski definition) is 5. The summed E-state index contributed by atoms with van der Waals surface area (Å²) >= 11 is 0. The molecular weight excluding hydrogens is 234 g/mol. The van der Waals surface area contributed by atoms with Gasteiger partial charge in [0.05, 0.1) is 18.9 Å². The van der Waals surface area contributed by atoms with Crippen molar-refractivity contribution in [2.75, 3.05) is 24.7 Å². The maximum absolute atomic E-state index is 11.4. The van der Waals surface area contributed by atoms with Gasteiger partial charge in [-0.2, -0.15) is 10.4 Å². The molecule has 0 bridgehead atoms. The maximum Gasteiger partial charge on any atom is 0.242 e. The molecule has 1 unspecified atom stereocenters. The second-order valence-electron chi connectivity index (χ2n) is 4.21. The van der Waals surface area contributed by atoms with E-state index in [0.29, 0.717) is 30.2 Å². The SMILES string of the molecule is Cc1nn(C)c(N2CCOCC2C(N)=O)c1C#N. The number of morpholine rings is 1. The van der Waals surface area contributed by atoms with Crippen molar-refractivity contribution in [2.45, 2.75) is 13.0 Å². The number of rotatable bonds is 2. The van der Waals surface area contributed by atoms with E-state index in [0.717, 1.165) is 0 Å². The quantitative estimate of drug-likeness (QED) is 0.746. The monoisotopic (exact) mass is 249 g/mol. The van der Waals surface area contributed by atoms with E-state index >= 15 is 0 Å². The number of aryl methyl sites for hydroxylation is 2. The van der Waals surface area contributed by atoms with Crippen molar-refractivity contribution in [3.05, 3.63) is 11.3 Å². The van der Waals surface area contributed by atoms with Gasteiger partial charge in [-0.1, -0.05) is 0 Å². The average molecular weight is 249 g/mol. The molecule has 0 aromatic carbocycles. The number of carbonyl (C=O) groups is 1. The van der Waals surface area contributed by atoms with Crippen molar-refractivity contribution in [1.82, 2.24) is 9.78 Å². The highest BCUT2D eigenvalue weighted by Gasteiger charge is 2.32. The van der Waals surface area contributed by atoms with Crippen LogP contribution < -0.4 is 10.6 Å². The minimum Gasteiger partial charge on any atom is -0.377 e. The van der Waals surface area contributed by atoms with E-state index in [1.807, 2.05) is 0 Å². The lowest BCUT2D eigenvalue weighted by Crippen LogP contribution is -2.53. The van der Waals surface area contributed by atoms with Crippen LogP contribution in [0, 0.1) is 18.3 Å². The lowest BCUT2D eigenvalue weighted by atomic mass is 10.1. The van der Waals surface area contributed by atoms with Gasteiger partial charge in [-0.05, 0) is 6.92 Å². The first-order valence-electron chi connectivity index (χ1n) is 5.63. The van der Waals surface area contributed by atoms with Crippen molar-refractivity contribution < 1.29 is 9.53 Å². The fraction of sp³-hybridized carbons (Fsp3) is 0.545. The van der Waals surface area contributed by atoms with Gasteiger partial charge in [-0.15, -0.1) is 0 Å². The van der Waals surface area contributed by atoms with Gasteiger partial charge in [0.15, 0.2) is 0 Å². The number of primary amides is 1. The number of amides is 1. The zero-order chi connectivity index (χ0) is 13.3. The van der Waals surface area contributed by atoms with Gasteiger partial charge < -0.3 is 15.4 Å². The molecule has 2 N–H and O–H groups in total. The summed E-state index contributed by atoms with van der Waals surface area (Å²) in [5, 5.41) is 13.4. The van der Waals surface area contributed by atoms with Gasteiger partial charge in [-0.3, -0.25) is 9.48 Å². The summed E-state index contributed by atoms with van der Waals surface area (Å²) in [6.45, 7) is 3.02. The maximum atomic E-state index is 11.4. The van der Waals surface area contributed by atoms with Crippen LogP contribution in [-0.2, 0) is 16.6 Å². The summed E-state index contributed by atoms with van der Waals surface area (Å²) in [6, 6.07) is 1.57. The van der Waals surface area contributed by atoms with E-state index < -0.39 is 11.9 Å². The Balaban J connectivity index is 2.46. The number of ether oxygens (including phenoxy) is 1. The molecule has 0 saturated carbocycles. The Morgan fingerprint density at radius 3 is 3.00 bits per heavy atom. The predicted molar refractivity (Wildman–Crippen MR) is 63.8 cm³/mol. The Bertz CT molecular complexity index is 516. The Morgan fingerprint density at radius 1 is 1.67 bits per heavy atom. The minimum atomic E-state index is -0.555. The molecule has 1 amide bonds. The van der Waals surface area contributed by atoms with Crippen molar-refractivity contribution in [2.24, 2.45) is 12.8 Å². The smallest absolute Gasteiger partial charge is 0.242 e. The molecule has 18 heavy (non-hydrogen) atoms. The number of nitrogens with two attached hydrogens (primary N) is 1. The van der Waals surface area contributed by atoms with Gasteiger partial charge in [0, 0.05) is 13.6 Å². The predicted octanol–water partition coefficient (Wildman–Crippen LogP) is -0.709. The zero-order valence-electron chi connectivity index (χ0n) is 10.4. The van der Waals surface area contributed by atoms with Crippen LogP contribution in [0.25, 0.3) is 0 Å². The first-order valence-corrected chi connectivity index (χ1v) is 5.63. The van der Waals surface area contributed by atoms with Crippen LogP contribution >= 0.6 is 0 Å². The molecule has 1 aliphatic rings. The van der Waals surface area contributed by atoms with Crippen molar-refractivity contribution in [3.8, 4) is 6.07 Å². The number of nitriles is 1. The molecule has 0 radical (unpaired) electrons. The molecule has 0 aliphatic carbocycles. The highest BCUT2D eigenvalue weighted by atomic mass is 16.5. The fourth-order valence-corrected chi connectivity index (χ4v) is 2.20. The summed E-state index contributed by atoms with van der Waals surface area (Å²) in [4.78, 5) is 13.2. The van der Waals surface area contributed by atoms with Crippen molar-refractivity contribution in [3.63, 3.8) is 0 Å². The second-order valence-corrected chi connectivity index (χ2v) is 4.21. The van der Waals surface area contributed by atoms with Crippen LogP contribution in [0.15, 0.2) is 0 Å². The summed E-state index contributed by atoms with van der Waals surface area (Å²) < 4.78 is 6.87. The van der Waals surface area contributed by atoms with Gasteiger partial charge >= 0.3 is 0 Å². The molecule has 1 aromatic rings. The van der Waals surface area contributed by atoms with Crippen molar-refractivity contribution >= 4 is 11.7 Å². The molecule has 96 valence electrons. The first-order chi connectivity index (χ1) is 8.56. The molecule has 1 aromatic heterocycles. The molecule has 0 spiro atoms. The minimum absolute atomic E-state index is 0.241.